The fourth-order valence-corrected chi connectivity index (χ4v) is 2.64. The molecule has 0 bridgehead atoms. The third-order valence-electron chi connectivity index (χ3n) is 3.73. The molecule has 0 spiro atoms. The van der Waals surface area contributed by atoms with Gasteiger partial charge in [0.1, 0.15) is 5.76 Å². The van der Waals surface area contributed by atoms with Crippen molar-refractivity contribution in [2.45, 2.75) is 0 Å². The molecular weight excluding hydrogens is 274 g/mol. The molecule has 4 aromatic rings. The Kier molecular flexibility index (Phi) is 2.90. The van der Waals surface area contributed by atoms with Crippen LogP contribution in [0.15, 0.2) is 71.1 Å². The molecule has 4 rings (SSSR count). The van der Waals surface area contributed by atoms with Crippen molar-refractivity contribution in [3.8, 4) is 22.6 Å². The van der Waals surface area contributed by atoms with E-state index < -0.39 is 0 Å². The van der Waals surface area contributed by atoms with Crippen molar-refractivity contribution in [3.05, 3.63) is 72.5 Å². The lowest BCUT2D eigenvalue weighted by atomic mass is 10.1. The summed E-state index contributed by atoms with van der Waals surface area (Å²) >= 11 is 0. The molecule has 0 saturated carbocycles. The van der Waals surface area contributed by atoms with E-state index in [2.05, 4.69) is 35.3 Å². The first kappa shape index (κ1) is 12.7. The van der Waals surface area contributed by atoms with Gasteiger partial charge in [-0.1, -0.05) is 36.4 Å². The predicted molar refractivity (Wildman–Crippen MR) is 86.8 cm³/mol. The number of aromatic nitrogens is 1. The third kappa shape index (κ3) is 2.13. The molecule has 0 saturated heterocycles. The maximum Gasteiger partial charge on any atom is 0.185 e. The first-order valence-electron chi connectivity index (χ1n) is 7.07. The molecule has 2 aromatic heterocycles. The summed E-state index contributed by atoms with van der Waals surface area (Å²) in [6.07, 6.45) is 0.713. The molecule has 0 atom stereocenters. The van der Waals surface area contributed by atoms with E-state index in [1.54, 1.807) is 6.07 Å². The van der Waals surface area contributed by atoms with Crippen LogP contribution in [-0.4, -0.2) is 11.3 Å². The van der Waals surface area contributed by atoms with E-state index in [0.717, 1.165) is 22.3 Å². The highest BCUT2D eigenvalue weighted by molar-refractivity contribution is 5.86. The largest absolute Gasteiger partial charge is 0.453 e. The number of hydrogen-bond acceptors (Lipinski definition) is 2. The van der Waals surface area contributed by atoms with Gasteiger partial charge in [0.25, 0.3) is 0 Å². The van der Waals surface area contributed by atoms with Crippen molar-refractivity contribution in [2.75, 3.05) is 0 Å². The minimum atomic E-state index is 0.339. The minimum Gasteiger partial charge on any atom is -0.453 e. The summed E-state index contributed by atoms with van der Waals surface area (Å²) in [5.74, 6) is 1.03. The second kappa shape index (κ2) is 5.04. The fraction of sp³-hybridized carbons (Fsp3) is 0. The average molecular weight is 287 g/mol. The van der Waals surface area contributed by atoms with E-state index in [9.17, 15) is 4.79 Å². The van der Waals surface area contributed by atoms with Gasteiger partial charge in [0.2, 0.25) is 0 Å². The summed E-state index contributed by atoms with van der Waals surface area (Å²) in [5.41, 5.74) is 4.20. The number of benzene rings is 2. The molecule has 1 N–H and O–H groups in total. The van der Waals surface area contributed by atoms with Crippen LogP contribution in [0.3, 0.4) is 0 Å². The summed E-state index contributed by atoms with van der Waals surface area (Å²) in [6.45, 7) is 0. The molecule has 3 nitrogen and oxygen atoms in total. The Morgan fingerprint density at radius 1 is 0.864 bits per heavy atom. The number of fused-ring (bicyclic) bond motifs is 1. The summed E-state index contributed by atoms with van der Waals surface area (Å²) < 4.78 is 5.49. The normalized spacial score (nSPS) is 10.9. The predicted octanol–water partition coefficient (Wildman–Crippen LogP) is 4.91. The molecule has 0 aliphatic rings. The highest BCUT2D eigenvalue weighted by atomic mass is 16.3. The Balaban J connectivity index is 1.79. The third-order valence-corrected chi connectivity index (χ3v) is 3.73. The highest BCUT2D eigenvalue weighted by Crippen LogP contribution is 2.29. The van der Waals surface area contributed by atoms with Gasteiger partial charge in [-0.3, -0.25) is 4.79 Å². The lowest BCUT2D eigenvalue weighted by molar-refractivity contribution is 0.110. The average Bonchev–Trinajstić information content (AvgIpc) is 3.21. The van der Waals surface area contributed by atoms with Crippen LogP contribution in [0.1, 0.15) is 10.6 Å². The Hall–Kier alpha value is -3.07. The van der Waals surface area contributed by atoms with Gasteiger partial charge >= 0.3 is 0 Å². The number of aldehydes is 1. The number of nitrogens with one attached hydrogen (secondary N) is 1. The Bertz CT molecular complexity index is 929. The molecule has 0 radical (unpaired) electrons. The Morgan fingerprint density at radius 2 is 1.73 bits per heavy atom. The monoisotopic (exact) mass is 287 g/mol. The summed E-state index contributed by atoms with van der Waals surface area (Å²) in [6, 6.07) is 21.9. The van der Waals surface area contributed by atoms with Gasteiger partial charge in [0.15, 0.2) is 12.0 Å². The Morgan fingerprint density at radius 3 is 2.55 bits per heavy atom. The maximum absolute atomic E-state index is 10.7. The molecule has 0 fully saturated rings. The van der Waals surface area contributed by atoms with Crippen LogP contribution in [0.5, 0.6) is 0 Å². The number of para-hydroxylation sites is 1. The van der Waals surface area contributed by atoms with E-state index in [0.29, 0.717) is 17.8 Å². The van der Waals surface area contributed by atoms with Crippen LogP contribution in [0.2, 0.25) is 0 Å². The molecule has 2 aromatic carbocycles. The van der Waals surface area contributed by atoms with Crippen molar-refractivity contribution in [1.82, 2.24) is 4.98 Å². The number of carbonyl (C=O) groups is 1. The molecule has 22 heavy (non-hydrogen) atoms. The molecule has 0 amide bonds. The summed E-state index contributed by atoms with van der Waals surface area (Å²) in [4.78, 5) is 14.2. The lowest BCUT2D eigenvalue weighted by Crippen LogP contribution is -1.79. The molecule has 2 heterocycles. The number of aromatic amines is 1. The highest BCUT2D eigenvalue weighted by Gasteiger charge is 2.07. The number of rotatable bonds is 3. The number of H-pyrrole nitrogens is 1. The van der Waals surface area contributed by atoms with Gasteiger partial charge in [-0.2, -0.15) is 0 Å². The van der Waals surface area contributed by atoms with Crippen LogP contribution in [0.4, 0.5) is 0 Å². The SMILES string of the molecule is O=Cc1ccc(-c2cccc(-c3cc4ccccc4[nH]3)c2)o1. The van der Waals surface area contributed by atoms with Crippen molar-refractivity contribution < 1.29 is 9.21 Å². The van der Waals surface area contributed by atoms with Gasteiger partial charge in [0, 0.05) is 22.2 Å². The van der Waals surface area contributed by atoms with E-state index in [-0.39, 0.29) is 0 Å². The first-order valence-corrected chi connectivity index (χ1v) is 7.07. The van der Waals surface area contributed by atoms with Crippen molar-refractivity contribution in [1.29, 1.82) is 0 Å². The summed E-state index contributed by atoms with van der Waals surface area (Å²) in [7, 11) is 0. The van der Waals surface area contributed by atoms with Crippen LogP contribution >= 0.6 is 0 Å². The standard InChI is InChI=1S/C19H13NO2/c21-12-16-8-9-19(22-16)15-6-3-5-13(10-15)18-11-14-4-1-2-7-17(14)20-18/h1-12,20H. The Labute approximate surface area is 127 Å². The second-order valence-corrected chi connectivity index (χ2v) is 5.17. The van der Waals surface area contributed by atoms with Crippen molar-refractivity contribution >= 4 is 17.2 Å². The number of furan rings is 1. The lowest BCUT2D eigenvalue weighted by Gasteiger charge is -2.01. The van der Waals surface area contributed by atoms with Gasteiger partial charge in [-0.25, -0.2) is 0 Å². The zero-order chi connectivity index (χ0) is 14.9. The van der Waals surface area contributed by atoms with E-state index in [4.69, 9.17) is 4.42 Å². The van der Waals surface area contributed by atoms with E-state index in [1.165, 1.54) is 5.39 Å². The van der Waals surface area contributed by atoms with Crippen molar-refractivity contribution in [3.63, 3.8) is 0 Å². The van der Waals surface area contributed by atoms with Gasteiger partial charge in [-0.05, 0) is 35.9 Å². The molecule has 106 valence electrons. The van der Waals surface area contributed by atoms with Crippen molar-refractivity contribution in [2.24, 2.45) is 0 Å². The van der Waals surface area contributed by atoms with E-state index in [1.807, 2.05) is 30.3 Å². The first-order chi connectivity index (χ1) is 10.8. The molecule has 0 aliphatic carbocycles. The smallest absolute Gasteiger partial charge is 0.185 e. The molecule has 0 aliphatic heterocycles. The number of carbonyl (C=O) groups excluding carboxylic acids is 1. The minimum absolute atomic E-state index is 0.339. The zero-order valence-electron chi connectivity index (χ0n) is 11.7. The fourth-order valence-electron chi connectivity index (χ4n) is 2.64. The van der Waals surface area contributed by atoms with Gasteiger partial charge in [0.05, 0.1) is 0 Å². The topological polar surface area (TPSA) is 46.0 Å². The molecular formula is C19H13NO2. The molecule has 3 heteroatoms. The quantitative estimate of drug-likeness (QED) is 0.544. The second-order valence-electron chi connectivity index (χ2n) is 5.17. The summed E-state index contributed by atoms with van der Waals surface area (Å²) in [5, 5.41) is 1.18. The van der Waals surface area contributed by atoms with Crippen LogP contribution < -0.4 is 0 Å². The van der Waals surface area contributed by atoms with E-state index >= 15 is 0 Å². The zero-order valence-corrected chi connectivity index (χ0v) is 11.7. The maximum atomic E-state index is 10.7. The van der Waals surface area contributed by atoms with Gasteiger partial charge in [-0.15, -0.1) is 0 Å². The number of hydrogen-bond donors (Lipinski definition) is 1. The van der Waals surface area contributed by atoms with Crippen LogP contribution in [0, 0.1) is 0 Å². The molecule has 0 unspecified atom stereocenters. The van der Waals surface area contributed by atoms with Crippen LogP contribution in [-0.2, 0) is 0 Å². The van der Waals surface area contributed by atoms with Crippen LogP contribution in [0.25, 0.3) is 33.5 Å². The van der Waals surface area contributed by atoms with Gasteiger partial charge < -0.3 is 9.40 Å².